The predicted molar refractivity (Wildman–Crippen MR) is 120 cm³/mol. The molecule has 0 atom stereocenters. The molecule has 2 rings (SSSR count). The number of esters is 1. The van der Waals surface area contributed by atoms with Crippen molar-refractivity contribution >= 4 is 35.9 Å². The van der Waals surface area contributed by atoms with Gasteiger partial charge in [0.1, 0.15) is 0 Å². The van der Waals surface area contributed by atoms with E-state index in [0.29, 0.717) is 19.0 Å². The first-order chi connectivity index (χ1) is 12.6. The van der Waals surface area contributed by atoms with Crippen LogP contribution in [-0.2, 0) is 16.1 Å². The van der Waals surface area contributed by atoms with Crippen molar-refractivity contribution in [1.29, 1.82) is 0 Å². The summed E-state index contributed by atoms with van der Waals surface area (Å²) in [6.45, 7) is 7.40. The first-order valence-corrected chi connectivity index (χ1v) is 9.49. The second kappa shape index (κ2) is 12.9. The topological polar surface area (TPSA) is 66.0 Å². The molecule has 1 aliphatic rings. The fraction of sp³-hybridized carbons (Fsp3) is 0.600. The summed E-state index contributed by atoms with van der Waals surface area (Å²) in [5.41, 5.74) is 1.37. The molecule has 0 spiro atoms. The van der Waals surface area contributed by atoms with Crippen molar-refractivity contribution in [2.75, 3.05) is 26.7 Å². The lowest BCUT2D eigenvalue weighted by atomic mass is 10.0. The van der Waals surface area contributed by atoms with Gasteiger partial charge >= 0.3 is 5.97 Å². The van der Waals surface area contributed by atoms with E-state index >= 15 is 0 Å². The predicted octanol–water partition coefficient (Wildman–Crippen LogP) is 2.78. The van der Waals surface area contributed by atoms with Crippen LogP contribution >= 0.6 is 24.0 Å². The zero-order valence-electron chi connectivity index (χ0n) is 16.6. The largest absolute Gasteiger partial charge is 0.463 e. The van der Waals surface area contributed by atoms with Crippen LogP contribution in [0, 0.1) is 0 Å². The number of rotatable bonds is 7. The monoisotopic (exact) mass is 488 g/mol. The first-order valence-electron chi connectivity index (χ1n) is 9.49. The van der Waals surface area contributed by atoms with Crippen LogP contribution in [0.5, 0.6) is 0 Å². The van der Waals surface area contributed by atoms with Crippen LogP contribution in [0.25, 0.3) is 0 Å². The van der Waals surface area contributed by atoms with Gasteiger partial charge in [-0.15, -0.1) is 24.0 Å². The number of nitrogens with zero attached hydrogens (tertiary/aromatic N) is 2. The molecule has 2 N–H and O–H groups in total. The number of carbonyl (C=O) groups is 1. The molecule has 6 nitrogen and oxygen atoms in total. The van der Waals surface area contributed by atoms with E-state index in [4.69, 9.17) is 4.74 Å². The maximum atomic E-state index is 11.6. The highest BCUT2D eigenvalue weighted by Gasteiger charge is 2.20. The Morgan fingerprint density at radius 3 is 2.52 bits per heavy atom. The van der Waals surface area contributed by atoms with Crippen molar-refractivity contribution in [2.24, 2.45) is 4.99 Å². The van der Waals surface area contributed by atoms with Crippen molar-refractivity contribution < 1.29 is 9.53 Å². The highest BCUT2D eigenvalue weighted by Crippen LogP contribution is 2.13. The molecule has 1 saturated heterocycles. The Bertz CT molecular complexity index is 573. The maximum Gasteiger partial charge on any atom is 0.307 e. The van der Waals surface area contributed by atoms with Crippen molar-refractivity contribution in [1.82, 2.24) is 15.5 Å². The molecule has 0 aliphatic carbocycles. The van der Waals surface area contributed by atoms with Crippen LogP contribution in [0.1, 0.15) is 38.7 Å². The maximum absolute atomic E-state index is 11.6. The van der Waals surface area contributed by atoms with E-state index in [1.54, 1.807) is 7.05 Å². The Hall–Kier alpha value is -1.35. The number of nitrogens with one attached hydrogen (secondary N) is 2. The van der Waals surface area contributed by atoms with Crippen LogP contribution in [0.15, 0.2) is 35.3 Å². The lowest BCUT2D eigenvalue weighted by Crippen LogP contribution is -2.48. The van der Waals surface area contributed by atoms with Gasteiger partial charge in [-0.3, -0.25) is 14.7 Å². The molecule has 7 heteroatoms. The third-order valence-electron chi connectivity index (χ3n) is 4.39. The summed E-state index contributed by atoms with van der Waals surface area (Å²) in [5.74, 6) is 0.570. The minimum atomic E-state index is -0.183. The Morgan fingerprint density at radius 1 is 1.26 bits per heavy atom. The van der Waals surface area contributed by atoms with E-state index in [0.717, 1.165) is 38.4 Å². The quantitative estimate of drug-likeness (QED) is 0.268. The van der Waals surface area contributed by atoms with E-state index in [1.807, 2.05) is 13.8 Å². The molecule has 0 unspecified atom stereocenters. The number of hydrogen-bond donors (Lipinski definition) is 2. The third-order valence-corrected chi connectivity index (χ3v) is 4.39. The lowest BCUT2D eigenvalue weighted by Gasteiger charge is -2.33. The molecular formula is C20H33IN4O2. The van der Waals surface area contributed by atoms with Crippen LogP contribution < -0.4 is 10.6 Å². The van der Waals surface area contributed by atoms with Crippen LogP contribution in [0.4, 0.5) is 0 Å². The Labute approximate surface area is 180 Å². The van der Waals surface area contributed by atoms with Crippen molar-refractivity contribution in [3.05, 3.63) is 35.9 Å². The minimum Gasteiger partial charge on any atom is -0.463 e. The van der Waals surface area contributed by atoms with Gasteiger partial charge in [-0.25, -0.2) is 0 Å². The zero-order chi connectivity index (χ0) is 18.8. The van der Waals surface area contributed by atoms with Gasteiger partial charge in [-0.1, -0.05) is 30.3 Å². The number of halogens is 1. The molecule has 1 fully saturated rings. The molecule has 1 heterocycles. The first kappa shape index (κ1) is 23.7. The molecule has 0 radical (unpaired) electrons. The molecule has 0 saturated carbocycles. The molecule has 0 amide bonds. The Balaban J connectivity index is 0.00000364. The van der Waals surface area contributed by atoms with Crippen LogP contribution in [0.2, 0.25) is 0 Å². The highest BCUT2D eigenvalue weighted by molar-refractivity contribution is 14.0. The van der Waals surface area contributed by atoms with Gasteiger partial charge in [0.05, 0.1) is 12.5 Å². The molecule has 0 bridgehead atoms. The molecular weight excluding hydrogens is 455 g/mol. The number of likely N-dealkylation sites (tertiary alicyclic amines) is 1. The summed E-state index contributed by atoms with van der Waals surface area (Å²) in [4.78, 5) is 18.3. The van der Waals surface area contributed by atoms with Gasteiger partial charge in [0.25, 0.3) is 0 Å². The van der Waals surface area contributed by atoms with Gasteiger partial charge < -0.3 is 15.4 Å². The SMILES string of the molecule is CN=C(NCCC(=O)OC(C)C)NC1CCN(Cc2ccccc2)CC1.I. The van der Waals surface area contributed by atoms with Gasteiger partial charge in [-0.05, 0) is 32.3 Å². The summed E-state index contributed by atoms with van der Waals surface area (Å²) in [7, 11) is 1.76. The Morgan fingerprint density at radius 2 is 1.93 bits per heavy atom. The van der Waals surface area contributed by atoms with Crippen LogP contribution in [0.3, 0.4) is 0 Å². The second-order valence-corrected chi connectivity index (χ2v) is 6.97. The molecule has 27 heavy (non-hydrogen) atoms. The van der Waals surface area contributed by atoms with Crippen molar-refractivity contribution in [2.45, 2.75) is 51.8 Å². The summed E-state index contributed by atoms with van der Waals surface area (Å²) < 4.78 is 5.13. The van der Waals surface area contributed by atoms with E-state index in [2.05, 4.69) is 50.9 Å². The molecule has 1 aliphatic heterocycles. The number of benzene rings is 1. The number of hydrogen-bond acceptors (Lipinski definition) is 4. The second-order valence-electron chi connectivity index (χ2n) is 6.97. The average Bonchev–Trinajstić information content (AvgIpc) is 2.62. The third kappa shape index (κ3) is 9.41. The molecule has 0 aromatic heterocycles. The van der Waals surface area contributed by atoms with E-state index in [-0.39, 0.29) is 36.0 Å². The molecule has 1 aromatic rings. The van der Waals surface area contributed by atoms with Gasteiger partial charge in [0, 0.05) is 39.3 Å². The van der Waals surface area contributed by atoms with E-state index < -0.39 is 0 Å². The molecule has 1 aromatic carbocycles. The normalized spacial score (nSPS) is 15.9. The summed E-state index contributed by atoms with van der Waals surface area (Å²) in [6.07, 6.45) is 2.45. The summed E-state index contributed by atoms with van der Waals surface area (Å²) in [6, 6.07) is 11.0. The number of carbonyl (C=O) groups excluding carboxylic acids is 1. The fourth-order valence-corrected chi connectivity index (χ4v) is 3.07. The van der Waals surface area contributed by atoms with Gasteiger partial charge in [-0.2, -0.15) is 0 Å². The standard InChI is InChI=1S/C20H32N4O2.HI/c1-16(2)26-19(25)9-12-22-20(21-3)23-18-10-13-24(14-11-18)15-17-7-5-4-6-8-17;/h4-8,16,18H,9-15H2,1-3H3,(H2,21,22,23);1H. The average molecular weight is 488 g/mol. The number of piperidine rings is 1. The van der Waals surface area contributed by atoms with E-state index in [1.165, 1.54) is 5.56 Å². The molecule has 152 valence electrons. The zero-order valence-corrected chi connectivity index (χ0v) is 18.9. The van der Waals surface area contributed by atoms with E-state index in [9.17, 15) is 4.79 Å². The van der Waals surface area contributed by atoms with Crippen LogP contribution in [-0.4, -0.2) is 55.7 Å². The lowest BCUT2D eigenvalue weighted by molar-refractivity contribution is -0.147. The number of aliphatic imine (C=N–C) groups is 1. The Kier molecular flexibility index (Phi) is 11.3. The van der Waals surface area contributed by atoms with Crippen molar-refractivity contribution in [3.63, 3.8) is 0 Å². The van der Waals surface area contributed by atoms with Gasteiger partial charge in [0.2, 0.25) is 0 Å². The minimum absolute atomic E-state index is 0. The number of guanidine groups is 1. The van der Waals surface area contributed by atoms with Crippen molar-refractivity contribution in [3.8, 4) is 0 Å². The fourth-order valence-electron chi connectivity index (χ4n) is 3.07. The highest BCUT2D eigenvalue weighted by atomic mass is 127. The number of ether oxygens (including phenoxy) is 1. The van der Waals surface area contributed by atoms with Gasteiger partial charge in [0.15, 0.2) is 5.96 Å². The summed E-state index contributed by atoms with van der Waals surface area (Å²) in [5, 5.41) is 6.66. The summed E-state index contributed by atoms with van der Waals surface area (Å²) >= 11 is 0. The smallest absolute Gasteiger partial charge is 0.307 e.